The maximum absolute atomic E-state index is 12.1. The molecule has 0 bridgehead atoms. The molecule has 1 rings (SSSR count). The van der Waals surface area contributed by atoms with Crippen molar-refractivity contribution in [1.29, 1.82) is 0 Å². The van der Waals surface area contributed by atoms with Gasteiger partial charge in [0.05, 0.1) is 11.3 Å². The summed E-state index contributed by atoms with van der Waals surface area (Å²) in [7, 11) is 0. The van der Waals surface area contributed by atoms with Gasteiger partial charge < -0.3 is 5.73 Å². The van der Waals surface area contributed by atoms with E-state index in [1.807, 2.05) is 0 Å². The van der Waals surface area contributed by atoms with Crippen molar-refractivity contribution < 1.29 is 13.2 Å². The SMILES string of the molecule is Cc1nc(N)ccc1C(F)(F)F. The van der Waals surface area contributed by atoms with E-state index in [4.69, 9.17) is 5.73 Å². The molecule has 0 aliphatic rings. The van der Waals surface area contributed by atoms with E-state index in [9.17, 15) is 13.2 Å². The molecule has 1 aromatic heterocycles. The van der Waals surface area contributed by atoms with Gasteiger partial charge in [-0.3, -0.25) is 0 Å². The van der Waals surface area contributed by atoms with Crippen molar-refractivity contribution in [2.75, 3.05) is 5.73 Å². The molecule has 12 heavy (non-hydrogen) atoms. The van der Waals surface area contributed by atoms with Crippen molar-refractivity contribution in [3.8, 4) is 0 Å². The van der Waals surface area contributed by atoms with E-state index in [2.05, 4.69) is 4.98 Å². The number of nitrogens with zero attached hydrogens (tertiary/aromatic N) is 1. The number of anilines is 1. The fourth-order valence-electron chi connectivity index (χ4n) is 0.880. The molecule has 66 valence electrons. The Labute approximate surface area is 67.2 Å². The van der Waals surface area contributed by atoms with Gasteiger partial charge in [0, 0.05) is 0 Å². The number of halogens is 3. The minimum absolute atomic E-state index is 0.0949. The normalized spacial score (nSPS) is 11.7. The van der Waals surface area contributed by atoms with E-state index >= 15 is 0 Å². The van der Waals surface area contributed by atoms with Crippen LogP contribution in [0, 0.1) is 6.92 Å². The summed E-state index contributed by atoms with van der Waals surface area (Å²) in [5, 5.41) is 0. The van der Waals surface area contributed by atoms with Gasteiger partial charge in [0.1, 0.15) is 5.82 Å². The molecule has 0 saturated heterocycles. The third kappa shape index (κ3) is 1.66. The largest absolute Gasteiger partial charge is 0.418 e. The molecule has 0 aliphatic heterocycles. The van der Waals surface area contributed by atoms with Crippen molar-refractivity contribution in [1.82, 2.24) is 4.98 Å². The number of hydrogen-bond acceptors (Lipinski definition) is 2. The summed E-state index contributed by atoms with van der Waals surface area (Å²) in [4.78, 5) is 3.50. The molecule has 0 saturated carbocycles. The molecule has 1 heterocycles. The lowest BCUT2D eigenvalue weighted by Gasteiger charge is -2.08. The zero-order valence-corrected chi connectivity index (χ0v) is 6.31. The number of rotatable bonds is 0. The number of aryl methyl sites for hydroxylation is 1. The average molecular weight is 176 g/mol. The molecular weight excluding hydrogens is 169 g/mol. The number of nitrogen functional groups attached to an aromatic ring is 1. The summed E-state index contributed by atoms with van der Waals surface area (Å²) in [6.07, 6.45) is -4.34. The second-order valence-electron chi connectivity index (χ2n) is 2.37. The highest BCUT2D eigenvalue weighted by Gasteiger charge is 2.32. The predicted octanol–water partition coefficient (Wildman–Crippen LogP) is 1.99. The number of alkyl halides is 3. The number of aromatic nitrogens is 1. The van der Waals surface area contributed by atoms with Gasteiger partial charge in [-0.2, -0.15) is 13.2 Å². The molecule has 5 heteroatoms. The highest BCUT2D eigenvalue weighted by molar-refractivity contribution is 5.34. The molecular formula is C7H7F3N2. The summed E-state index contributed by atoms with van der Waals surface area (Å²) in [5.74, 6) is 0.0977. The predicted molar refractivity (Wildman–Crippen MR) is 38.4 cm³/mol. The van der Waals surface area contributed by atoms with Gasteiger partial charge in [0.15, 0.2) is 0 Å². The maximum Gasteiger partial charge on any atom is 0.418 e. The van der Waals surface area contributed by atoms with Gasteiger partial charge in [-0.05, 0) is 19.1 Å². The first-order valence-electron chi connectivity index (χ1n) is 3.21. The molecule has 0 aromatic carbocycles. The van der Waals surface area contributed by atoms with Crippen LogP contribution >= 0.6 is 0 Å². The Morgan fingerprint density at radius 3 is 2.33 bits per heavy atom. The van der Waals surface area contributed by atoms with Crippen LogP contribution in [0.2, 0.25) is 0 Å². The van der Waals surface area contributed by atoms with Gasteiger partial charge in [-0.1, -0.05) is 0 Å². The van der Waals surface area contributed by atoms with Gasteiger partial charge in [-0.15, -0.1) is 0 Å². The van der Waals surface area contributed by atoms with Crippen molar-refractivity contribution in [2.45, 2.75) is 13.1 Å². The Bertz CT molecular complexity index is 293. The fraction of sp³-hybridized carbons (Fsp3) is 0.286. The summed E-state index contributed by atoms with van der Waals surface area (Å²) < 4.78 is 36.3. The van der Waals surface area contributed by atoms with Gasteiger partial charge in [0.25, 0.3) is 0 Å². The van der Waals surface area contributed by atoms with Crippen LogP contribution in [0.5, 0.6) is 0 Å². The summed E-state index contributed by atoms with van der Waals surface area (Å²) in [6, 6.07) is 2.06. The first-order valence-corrected chi connectivity index (χ1v) is 3.21. The minimum Gasteiger partial charge on any atom is -0.384 e. The molecule has 0 unspecified atom stereocenters. The van der Waals surface area contributed by atoms with Crippen LogP contribution in [0.4, 0.5) is 19.0 Å². The number of hydrogen-bond donors (Lipinski definition) is 1. The number of pyridine rings is 1. The maximum atomic E-state index is 12.1. The summed E-state index contributed by atoms with van der Waals surface area (Å²) in [6.45, 7) is 1.28. The monoisotopic (exact) mass is 176 g/mol. The van der Waals surface area contributed by atoms with E-state index in [0.29, 0.717) is 0 Å². The van der Waals surface area contributed by atoms with Crippen molar-refractivity contribution in [2.24, 2.45) is 0 Å². The summed E-state index contributed by atoms with van der Waals surface area (Å²) >= 11 is 0. The first-order chi connectivity index (χ1) is 5.41. The Balaban J connectivity index is 3.19. The second-order valence-corrected chi connectivity index (χ2v) is 2.37. The van der Waals surface area contributed by atoms with Crippen LogP contribution in [0.15, 0.2) is 12.1 Å². The third-order valence-electron chi connectivity index (χ3n) is 1.41. The standard InChI is InChI=1S/C7H7F3N2/c1-4-5(7(8,9)10)2-3-6(11)12-4/h2-3H,1H3,(H2,11,12). The molecule has 1 aromatic rings. The quantitative estimate of drug-likeness (QED) is 0.656. The topological polar surface area (TPSA) is 38.9 Å². The molecule has 0 spiro atoms. The van der Waals surface area contributed by atoms with Crippen molar-refractivity contribution in [3.05, 3.63) is 23.4 Å². The van der Waals surface area contributed by atoms with E-state index in [0.717, 1.165) is 12.1 Å². The molecule has 0 aliphatic carbocycles. The Morgan fingerprint density at radius 2 is 1.92 bits per heavy atom. The molecule has 0 amide bonds. The lowest BCUT2D eigenvalue weighted by Crippen LogP contribution is -2.09. The highest BCUT2D eigenvalue weighted by Crippen LogP contribution is 2.31. The lowest BCUT2D eigenvalue weighted by molar-refractivity contribution is -0.138. The fourth-order valence-corrected chi connectivity index (χ4v) is 0.880. The molecule has 2 N–H and O–H groups in total. The third-order valence-corrected chi connectivity index (χ3v) is 1.41. The molecule has 0 atom stereocenters. The van der Waals surface area contributed by atoms with Gasteiger partial charge >= 0.3 is 6.18 Å². The van der Waals surface area contributed by atoms with E-state index in [-0.39, 0.29) is 11.5 Å². The highest BCUT2D eigenvalue weighted by atomic mass is 19.4. The molecule has 2 nitrogen and oxygen atoms in total. The number of nitrogens with two attached hydrogens (primary N) is 1. The van der Waals surface area contributed by atoms with Crippen LogP contribution < -0.4 is 5.73 Å². The van der Waals surface area contributed by atoms with Crippen LogP contribution in [0.25, 0.3) is 0 Å². The van der Waals surface area contributed by atoms with Crippen LogP contribution in [0.3, 0.4) is 0 Å². The van der Waals surface area contributed by atoms with Crippen LogP contribution in [-0.2, 0) is 6.18 Å². The minimum atomic E-state index is -4.34. The average Bonchev–Trinajstić information content (AvgIpc) is 1.83. The second kappa shape index (κ2) is 2.66. The zero-order valence-electron chi connectivity index (χ0n) is 6.31. The van der Waals surface area contributed by atoms with Crippen molar-refractivity contribution in [3.63, 3.8) is 0 Å². The Kier molecular flexibility index (Phi) is 1.95. The molecule has 0 radical (unpaired) electrons. The Morgan fingerprint density at radius 1 is 1.33 bits per heavy atom. The summed E-state index contributed by atoms with van der Waals surface area (Å²) in [5.41, 5.74) is 4.36. The Hall–Kier alpha value is -1.26. The first kappa shape index (κ1) is 8.83. The lowest BCUT2D eigenvalue weighted by atomic mass is 10.2. The molecule has 0 fully saturated rings. The van der Waals surface area contributed by atoms with Crippen LogP contribution in [-0.4, -0.2) is 4.98 Å². The van der Waals surface area contributed by atoms with E-state index in [1.54, 1.807) is 0 Å². The van der Waals surface area contributed by atoms with E-state index in [1.165, 1.54) is 6.92 Å². The smallest absolute Gasteiger partial charge is 0.384 e. The van der Waals surface area contributed by atoms with Gasteiger partial charge in [0.2, 0.25) is 0 Å². The van der Waals surface area contributed by atoms with Crippen LogP contribution in [0.1, 0.15) is 11.3 Å². The van der Waals surface area contributed by atoms with Gasteiger partial charge in [-0.25, -0.2) is 4.98 Å². The van der Waals surface area contributed by atoms with Crippen molar-refractivity contribution >= 4 is 5.82 Å². The van der Waals surface area contributed by atoms with E-state index < -0.39 is 11.7 Å². The zero-order chi connectivity index (χ0) is 9.35.